The van der Waals surface area contributed by atoms with Crippen LogP contribution in [0.3, 0.4) is 0 Å². The van der Waals surface area contributed by atoms with E-state index in [1.165, 1.54) is 16.7 Å². The van der Waals surface area contributed by atoms with Gasteiger partial charge in [0.15, 0.2) is 0 Å². The summed E-state index contributed by atoms with van der Waals surface area (Å²) in [6, 6.07) is 8.22. The molecular weight excluding hydrogens is 362 g/mol. The third kappa shape index (κ3) is 4.29. The van der Waals surface area contributed by atoms with Crippen LogP contribution in [0, 0.1) is 27.7 Å². The molecule has 150 valence electrons. The second-order valence-electron chi connectivity index (χ2n) is 7.62. The van der Waals surface area contributed by atoms with Gasteiger partial charge in [-0.05, 0) is 44.9 Å². The Morgan fingerprint density at radius 2 is 1.34 bits per heavy atom. The van der Waals surface area contributed by atoms with E-state index in [2.05, 4.69) is 63.0 Å². The van der Waals surface area contributed by atoms with Crippen molar-refractivity contribution >= 4 is 23.4 Å². The van der Waals surface area contributed by atoms with E-state index in [1.54, 1.807) is 12.4 Å². The number of hydrogen-bond acceptors (Lipinski definition) is 7. The minimum atomic E-state index is 0.767. The molecule has 1 N–H and O–H groups in total. The fraction of sp³-hybridized carbons (Fsp3) is 0.364. The van der Waals surface area contributed by atoms with Crippen LogP contribution in [0.5, 0.6) is 0 Å². The van der Waals surface area contributed by atoms with Crippen molar-refractivity contribution in [1.29, 1.82) is 0 Å². The Morgan fingerprint density at radius 1 is 0.759 bits per heavy atom. The highest BCUT2D eigenvalue weighted by atomic mass is 15.4. The van der Waals surface area contributed by atoms with E-state index in [-0.39, 0.29) is 0 Å². The predicted octanol–water partition coefficient (Wildman–Crippen LogP) is 3.57. The van der Waals surface area contributed by atoms with Crippen LogP contribution in [0.2, 0.25) is 0 Å². The van der Waals surface area contributed by atoms with Crippen molar-refractivity contribution in [1.82, 2.24) is 19.9 Å². The van der Waals surface area contributed by atoms with Gasteiger partial charge in [-0.1, -0.05) is 17.7 Å². The van der Waals surface area contributed by atoms with Crippen LogP contribution >= 0.6 is 0 Å². The van der Waals surface area contributed by atoms with Crippen LogP contribution in [0.25, 0.3) is 0 Å². The van der Waals surface area contributed by atoms with Gasteiger partial charge in [0.1, 0.15) is 5.82 Å². The normalized spacial score (nSPS) is 14.2. The molecule has 3 heterocycles. The van der Waals surface area contributed by atoms with Gasteiger partial charge in [-0.15, -0.1) is 0 Å². The smallest absolute Gasteiger partial charge is 0.227 e. The van der Waals surface area contributed by atoms with Crippen LogP contribution in [0.1, 0.15) is 22.4 Å². The van der Waals surface area contributed by atoms with Crippen LogP contribution in [-0.4, -0.2) is 46.1 Å². The van der Waals surface area contributed by atoms with Crippen LogP contribution in [0.4, 0.5) is 23.4 Å². The molecule has 0 unspecified atom stereocenters. The second-order valence-corrected chi connectivity index (χ2v) is 7.62. The van der Waals surface area contributed by atoms with E-state index >= 15 is 0 Å². The molecule has 0 atom stereocenters. The summed E-state index contributed by atoms with van der Waals surface area (Å²) in [5.74, 6) is 2.38. The van der Waals surface area contributed by atoms with Gasteiger partial charge in [0.2, 0.25) is 11.9 Å². The largest absolute Gasteiger partial charge is 0.340 e. The molecule has 3 aromatic rings. The average molecular weight is 390 g/mol. The maximum absolute atomic E-state index is 4.81. The molecule has 0 aliphatic carbocycles. The third-order valence-corrected chi connectivity index (χ3v) is 5.17. The molecule has 1 saturated heterocycles. The maximum atomic E-state index is 4.81. The van der Waals surface area contributed by atoms with E-state index in [0.717, 1.165) is 55.3 Å². The summed E-state index contributed by atoms with van der Waals surface area (Å²) in [7, 11) is 0. The number of nitrogens with zero attached hydrogens (tertiary/aromatic N) is 6. The van der Waals surface area contributed by atoms with Gasteiger partial charge in [0.05, 0.1) is 0 Å². The molecular formula is C22H27N7. The van der Waals surface area contributed by atoms with E-state index in [1.807, 2.05) is 19.1 Å². The third-order valence-electron chi connectivity index (χ3n) is 5.17. The summed E-state index contributed by atoms with van der Waals surface area (Å²) in [4.78, 5) is 22.6. The predicted molar refractivity (Wildman–Crippen MR) is 117 cm³/mol. The summed E-state index contributed by atoms with van der Waals surface area (Å²) in [5, 5.41) is 3.51. The van der Waals surface area contributed by atoms with E-state index in [9.17, 15) is 0 Å². The van der Waals surface area contributed by atoms with Gasteiger partial charge in [-0.25, -0.2) is 15.0 Å². The Balaban J connectivity index is 1.51. The molecule has 0 saturated carbocycles. The molecule has 7 heteroatoms. The van der Waals surface area contributed by atoms with E-state index < -0.39 is 0 Å². The number of aromatic nitrogens is 4. The van der Waals surface area contributed by atoms with Gasteiger partial charge in [-0.3, -0.25) is 0 Å². The number of anilines is 4. The summed E-state index contributed by atoms with van der Waals surface area (Å²) < 4.78 is 0. The number of aryl methyl sites for hydroxylation is 4. The van der Waals surface area contributed by atoms with Gasteiger partial charge in [-0.2, -0.15) is 4.98 Å². The summed E-state index contributed by atoms with van der Waals surface area (Å²) in [6.07, 6.45) is 3.57. The monoisotopic (exact) mass is 389 g/mol. The first-order valence-corrected chi connectivity index (χ1v) is 9.97. The van der Waals surface area contributed by atoms with Crippen LogP contribution < -0.4 is 15.1 Å². The average Bonchev–Trinajstić information content (AvgIpc) is 2.71. The molecule has 0 spiro atoms. The van der Waals surface area contributed by atoms with Crippen molar-refractivity contribution in [3.05, 3.63) is 59.0 Å². The number of hydrogen-bond donors (Lipinski definition) is 1. The minimum Gasteiger partial charge on any atom is -0.340 e. The molecule has 29 heavy (non-hydrogen) atoms. The molecule has 1 aliphatic heterocycles. The van der Waals surface area contributed by atoms with Gasteiger partial charge in [0, 0.05) is 56.0 Å². The number of piperazine rings is 1. The second kappa shape index (κ2) is 8.03. The highest BCUT2D eigenvalue weighted by molar-refractivity contribution is 5.66. The first kappa shape index (κ1) is 19.1. The molecule has 4 rings (SSSR count). The SMILES string of the molecule is Cc1cc(C)c(Nc2cc(C)nc(N3CCN(c4ncccn4)CC3)n2)c(C)c1. The van der Waals surface area contributed by atoms with Crippen molar-refractivity contribution < 1.29 is 0 Å². The molecule has 0 radical (unpaired) electrons. The summed E-state index contributed by atoms with van der Waals surface area (Å²) >= 11 is 0. The highest BCUT2D eigenvalue weighted by Gasteiger charge is 2.21. The maximum Gasteiger partial charge on any atom is 0.227 e. The number of nitrogens with one attached hydrogen (secondary N) is 1. The molecule has 7 nitrogen and oxygen atoms in total. The van der Waals surface area contributed by atoms with Crippen molar-refractivity contribution in [3.63, 3.8) is 0 Å². The highest BCUT2D eigenvalue weighted by Crippen LogP contribution is 2.26. The van der Waals surface area contributed by atoms with Gasteiger partial charge in [0.25, 0.3) is 0 Å². The van der Waals surface area contributed by atoms with Gasteiger partial charge < -0.3 is 15.1 Å². The molecule has 1 fully saturated rings. The fourth-order valence-corrected chi connectivity index (χ4v) is 3.82. The number of rotatable bonds is 4. The summed E-state index contributed by atoms with van der Waals surface area (Å²) in [5.41, 5.74) is 5.78. The Morgan fingerprint density at radius 3 is 1.97 bits per heavy atom. The van der Waals surface area contributed by atoms with Crippen molar-refractivity contribution in [3.8, 4) is 0 Å². The van der Waals surface area contributed by atoms with Crippen molar-refractivity contribution in [2.75, 3.05) is 41.3 Å². The van der Waals surface area contributed by atoms with Crippen LogP contribution in [0.15, 0.2) is 36.7 Å². The molecule has 0 bridgehead atoms. The first-order chi connectivity index (χ1) is 14.0. The van der Waals surface area contributed by atoms with Crippen molar-refractivity contribution in [2.24, 2.45) is 0 Å². The lowest BCUT2D eigenvalue weighted by molar-refractivity contribution is 0.627. The van der Waals surface area contributed by atoms with Crippen molar-refractivity contribution in [2.45, 2.75) is 27.7 Å². The number of benzene rings is 1. The van der Waals surface area contributed by atoms with E-state index in [0.29, 0.717) is 0 Å². The molecule has 0 amide bonds. The fourth-order valence-electron chi connectivity index (χ4n) is 3.82. The minimum absolute atomic E-state index is 0.767. The van der Waals surface area contributed by atoms with Crippen LogP contribution in [-0.2, 0) is 0 Å². The topological polar surface area (TPSA) is 70.1 Å². The Kier molecular flexibility index (Phi) is 5.29. The Hall–Kier alpha value is -3.22. The summed E-state index contributed by atoms with van der Waals surface area (Å²) in [6.45, 7) is 11.8. The van der Waals surface area contributed by atoms with E-state index in [4.69, 9.17) is 4.98 Å². The zero-order chi connectivity index (χ0) is 20.4. The lowest BCUT2D eigenvalue weighted by Gasteiger charge is -2.34. The Bertz CT molecular complexity index is 972. The lowest BCUT2D eigenvalue weighted by Crippen LogP contribution is -2.47. The standard InChI is InChI=1S/C22H27N7/c1-15-12-16(2)20(17(3)13-15)26-19-14-18(4)25-22(27-19)29-10-8-28(9-11-29)21-23-6-5-7-24-21/h5-7,12-14H,8-11H2,1-4H3,(H,25,26,27). The molecule has 2 aromatic heterocycles. The Labute approximate surface area is 171 Å². The molecule has 1 aliphatic rings. The molecule has 1 aromatic carbocycles. The lowest BCUT2D eigenvalue weighted by atomic mass is 10.1. The zero-order valence-electron chi connectivity index (χ0n) is 17.5. The van der Waals surface area contributed by atoms with Gasteiger partial charge >= 0.3 is 0 Å². The first-order valence-electron chi connectivity index (χ1n) is 9.97. The zero-order valence-corrected chi connectivity index (χ0v) is 17.5. The quantitative estimate of drug-likeness (QED) is 0.731.